The summed E-state index contributed by atoms with van der Waals surface area (Å²) in [5.41, 5.74) is 2.12. The predicted octanol–water partition coefficient (Wildman–Crippen LogP) is 4.47. The number of pyridine rings is 1. The molecule has 1 aromatic carbocycles. The summed E-state index contributed by atoms with van der Waals surface area (Å²) in [4.78, 5) is 20.4. The lowest BCUT2D eigenvalue weighted by Crippen LogP contribution is -1.96. The Bertz CT molecular complexity index is 995. The maximum Gasteiger partial charge on any atom is 0.159 e. The summed E-state index contributed by atoms with van der Waals surface area (Å²) < 4.78 is 0. The zero-order chi connectivity index (χ0) is 16.5. The van der Waals surface area contributed by atoms with E-state index in [-0.39, 0.29) is 0 Å². The fourth-order valence-corrected chi connectivity index (χ4v) is 2.93. The Kier molecular flexibility index (Phi) is 3.76. The zero-order valence-corrected chi connectivity index (χ0v) is 13.7. The molecule has 6 nitrogen and oxygen atoms in total. The minimum atomic E-state index is 0.526. The number of nitrogens with zero attached hydrogens (tertiary/aromatic N) is 4. The molecule has 3 heterocycles. The van der Waals surface area contributed by atoms with Crippen LogP contribution in [0.2, 0.25) is 10.0 Å². The Morgan fingerprint density at radius 3 is 2.54 bits per heavy atom. The normalized spacial score (nSPS) is 10.9. The monoisotopic (exact) mass is 356 g/mol. The van der Waals surface area contributed by atoms with E-state index in [0.717, 1.165) is 5.52 Å². The maximum atomic E-state index is 6.27. The van der Waals surface area contributed by atoms with Gasteiger partial charge in [-0.05, 0) is 18.2 Å². The second-order valence-corrected chi connectivity index (χ2v) is 5.77. The molecule has 3 aromatic heterocycles. The third kappa shape index (κ3) is 2.66. The van der Waals surface area contributed by atoms with Gasteiger partial charge in [-0.25, -0.2) is 15.0 Å². The molecule has 0 fully saturated rings. The van der Waals surface area contributed by atoms with Crippen LogP contribution in [0.3, 0.4) is 0 Å². The van der Waals surface area contributed by atoms with E-state index in [0.29, 0.717) is 38.6 Å². The highest BCUT2D eigenvalue weighted by Crippen LogP contribution is 2.34. The molecule has 4 aromatic rings. The number of halogens is 2. The molecule has 0 atom stereocenters. The van der Waals surface area contributed by atoms with Gasteiger partial charge in [0.1, 0.15) is 17.2 Å². The summed E-state index contributed by atoms with van der Waals surface area (Å²) in [5, 5.41) is 4.16. The largest absolute Gasteiger partial charge is 0.338 e. The van der Waals surface area contributed by atoms with Crippen molar-refractivity contribution in [2.45, 2.75) is 0 Å². The molecule has 0 aliphatic carbocycles. The molecule has 0 aliphatic heterocycles. The third-order valence-electron chi connectivity index (χ3n) is 3.41. The van der Waals surface area contributed by atoms with E-state index in [1.54, 1.807) is 43.0 Å². The number of hydrogen-bond acceptors (Lipinski definition) is 5. The molecule has 2 N–H and O–H groups in total. The van der Waals surface area contributed by atoms with Crippen molar-refractivity contribution >= 4 is 45.9 Å². The Balaban J connectivity index is 1.83. The fraction of sp³-hybridized carbons (Fsp3) is 0. The molecule has 0 aliphatic rings. The minimum Gasteiger partial charge on any atom is -0.338 e. The smallest absolute Gasteiger partial charge is 0.159 e. The second kappa shape index (κ2) is 6.07. The van der Waals surface area contributed by atoms with Gasteiger partial charge >= 0.3 is 0 Å². The molecule has 0 saturated heterocycles. The van der Waals surface area contributed by atoms with Gasteiger partial charge in [0.25, 0.3) is 0 Å². The summed E-state index contributed by atoms with van der Waals surface area (Å²) >= 11 is 12.5. The first kappa shape index (κ1) is 14.9. The van der Waals surface area contributed by atoms with Gasteiger partial charge in [-0.3, -0.25) is 4.98 Å². The van der Waals surface area contributed by atoms with Gasteiger partial charge in [-0.1, -0.05) is 29.3 Å². The number of hydrogen-bond donors (Lipinski definition) is 2. The van der Waals surface area contributed by atoms with E-state index in [4.69, 9.17) is 23.2 Å². The molecule has 24 heavy (non-hydrogen) atoms. The van der Waals surface area contributed by atoms with Crippen molar-refractivity contribution in [1.82, 2.24) is 24.9 Å². The Hall–Kier alpha value is -2.70. The molecule has 0 bridgehead atoms. The van der Waals surface area contributed by atoms with Crippen molar-refractivity contribution < 1.29 is 0 Å². The van der Waals surface area contributed by atoms with Crippen LogP contribution in [0.4, 0.5) is 11.6 Å². The molecular weight excluding hydrogens is 347 g/mol. The van der Waals surface area contributed by atoms with Gasteiger partial charge in [-0.15, -0.1) is 0 Å². The van der Waals surface area contributed by atoms with Crippen LogP contribution >= 0.6 is 23.2 Å². The lowest BCUT2D eigenvalue weighted by Gasteiger charge is -2.03. The Morgan fingerprint density at radius 1 is 0.958 bits per heavy atom. The second-order valence-electron chi connectivity index (χ2n) is 4.95. The number of imidazole rings is 1. The molecular formula is C16H10Cl2N6. The third-order valence-corrected chi connectivity index (χ3v) is 4.04. The van der Waals surface area contributed by atoms with Crippen molar-refractivity contribution in [1.29, 1.82) is 0 Å². The van der Waals surface area contributed by atoms with Crippen LogP contribution in [0, 0.1) is 0 Å². The van der Waals surface area contributed by atoms with E-state index >= 15 is 0 Å². The summed E-state index contributed by atoms with van der Waals surface area (Å²) in [6.45, 7) is 0. The molecule has 0 saturated carbocycles. The first-order valence-corrected chi connectivity index (χ1v) is 7.80. The van der Waals surface area contributed by atoms with Gasteiger partial charge in [-0.2, -0.15) is 0 Å². The molecule has 4 rings (SSSR count). The van der Waals surface area contributed by atoms with Gasteiger partial charge in [0.2, 0.25) is 0 Å². The van der Waals surface area contributed by atoms with E-state index in [1.807, 2.05) is 6.07 Å². The number of fused-ring (bicyclic) bond motifs is 1. The summed E-state index contributed by atoms with van der Waals surface area (Å²) in [6, 6.07) is 7.16. The number of nitrogens with one attached hydrogen (secondary N) is 2. The van der Waals surface area contributed by atoms with Crippen molar-refractivity contribution in [3.05, 3.63) is 59.1 Å². The first-order chi connectivity index (χ1) is 11.7. The van der Waals surface area contributed by atoms with Crippen molar-refractivity contribution in [3.8, 4) is 11.4 Å². The molecule has 0 unspecified atom stereocenters. The molecule has 118 valence electrons. The van der Waals surface area contributed by atoms with E-state index in [2.05, 4.69) is 30.2 Å². The minimum absolute atomic E-state index is 0.526. The molecule has 0 amide bonds. The van der Waals surface area contributed by atoms with E-state index < -0.39 is 0 Å². The lowest BCUT2D eigenvalue weighted by molar-refractivity contribution is 1.18. The molecule has 0 spiro atoms. The standard InChI is InChI=1S/C16H10Cl2N6/c17-9-2-1-3-10(18)13(9)15-22-11-4-5-21-16(14(11)24-15)23-12-8-19-6-7-20-12/h1-8H,(H,22,24)(H,20,21,23). The van der Waals surface area contributed by atoms with Crippen molar-refractivity contribution in [2.24, 2.45) is 0 Å². The topological polar surface area (TPSA) is 79.4 Å². The zero-order valence-electron chi connectivity index (χ0n) is 12.2. The lowest BCUT2D eigenvalue weighted by atomic mass is 10.2. The number of anilines is 2. The van der Waals surface area contributed by atoms with Gasteiger partial charge in [0.15, 0.2) is 5.82 Å². The molecule has 8 heteroatoms. The average molecular weight is 357 g/mol. The number of aromatic amines is 1. The van der Waals surface area contributed by atoms with Crippen LogP contribution in [-0.2, 0) is 0 Å². The maximum absolute atomic E-state index is 6.27. The van der Waals surface area contributed by atoms with Crippen LogP contribution in [0.1, 0.15) is 0 Å². The Labute approximate surface area is 146 Å². The Morgan fingerprint density at radius 2 is 1.79 bits per heavy atom. The van der Waals surface area contributed by atoms with Gasteiger partial charge in [0.05, 0.1) is 27.3 Å². The highest BCUT2D eigenvalue weighted by atomic mass is 35.5. The average Bonchev–Trinajstić information content (AvgIpc) is 3.00. The van der Waals surface area contributed by atoms with Crippen LogP contribution in [0.5, 0.6) is 0 Å². The van der Waals surface area contributed by atoms with Gasteiger partial charge < -0.3 is 10.3 Å². The summed E-state index contributed by atoms with van der Waals surface area (Å²) in [6.07, 6.45) is 6.49. The number of aromatic nitrogens is 5. The van der Waals surface area contributed by atoms with Gasteiger partial charge in [0, 0.05) is 18.6 Å². The van der Waals surface area contributed by atoms with Crippen molar-refractivity contribution in [2.75, 3.05) is 5.32 Å². The van der Waals surface area contributed by atoms with Crippen molar-refractivity contribution in [3.63, 3.8) is 0 Å². The van der Waals surface area contributed by atoms with E-state index in [1.165, 1.54) is 0 Å². The number of rotatable bonds is 3. The first-order valence-electron chi connectivity index (χ1n) is 7.04. The number of H-pyrrole nitrogens is 1. The predicted molar refractivity (Wildman–Crippen MR) is 94.7 cm³/mol. The summed E-state index contributed by atoms with van der Waals surface area (Å²) in [5.74, 6) is 1.73. The summed E-state index contributed by atoms with van der Waals surface area (Å²) in [7, 11) is 0. The quantitative estimate of drug-likeness (QED) is 0.566. The van der Waals surface area contributed by atoms with Crippen LogP contribution in [0.15, 0.2) is 49.1 Å². The fourth-order valence-electron chi connectivity index (χ4n) is 2.35. The van der Waals surface area contributed by atoms with Crippen LogP contribution in [0.25, 0.3) is 22.4 Å². The van der Waals surface area contributed by atoms with Crippen LogP contribution < -0.4 is 5.32 Å². The highest BCUT2D eigenvalue weighted by molar-refractivity contribution is 6.39. The molecule has 0 radical (unpaired) electrons. The highest BCUT2D eigenvalue weighted by Gasteiger charge is 2.15. The SMILES string of the molecule is Clc1cccc(Cl)c1-c1nc2c(Nc3cnccn3)nccc2[nH]1. The van der Waals surface area contributed by atoms with E-state index in [9.17, 15) is 0 Å². The number of benzene rings is 1. The van der Waals surface area contributed by atoms with Crippen LogP contribution in [-0.4, -0.2) is 24.9 Å².